The topological polar surface area (TPSA) is 9.23 Å². The van der Waals surface area contributed by atoms with Crippen molar-refractivity contribution < 1.29 is 4.74 Å². The van der Waals surface area contributed by atoms with Crippen LogP contribution >= 0.6 is 11.6 Å². The number of rotatable bonds is 3. The zero-order valence-electron chi connectivity index (χ0n) is 7.51. The molecule has 1 nitrogen and oxygen atoms in total. The van der Waals surface area contributed by atoms with Crippen molar-refractivity contribution in [2.75, 3.05) is 7.11 Å². The van der Waals surface area contributed by atoms with Crippen LogP contribution in [0.2, 0.25) is 5.02 Å². The Labute approximate surface area is 83.7 Å². The van der Waals surface area contributed by atoms with Gasteiger partial charge < -0.3 is 4.74 Å². The molecule has 0 fully saturated rings. The fourth-order valence-electron chi connectivity index (χ4n) is 1.13. The average Bonchev–Trinajstić information content (AvgIpc) is 2.16. The van der Waals surface area contributed by atoms with Crippen LogP contribution < -0.4 is 4.74 Å². The Kier molecular flexibility index (Phi) is 3.67. The maximum Gasteiger partial charge on any atom is 0.123 e. The Morgan fingerprint density at radius 2 is 2.31 bits per heavy atom. The van der Waals surface area contributed by atoms with Crippen LogP contribution in [0.3, 0.4) is 0 Å². The van der Waals surface area contributed by atoms with E-state index in [0.29, 0.717) is 5.02 Å². The normalized spacial score (nSPS) is 9.31. The molecular formula is C11H11ClO. The van der Waals surface area contributed by atoms with Crippen LogP contribution in [0, 0.1) is 12.3 Å². The summed E-state index contributed by atoms with van der Waals surface area (Å²) in [7, 11) is 1.63. The number of ether oxygens (including phenoxy) is 1. The number of terminal acetylenes is 1. The number of methoxy groups -OCH3 is 1. The standard InChI is InChI=1S/C11H11ClO/c1-3-4-5-9-6-7-10(12)8-11(9)13-2/h1,6-8H,4-5H2,2H3. The van der Waals surface area contributed by atoms with Crippen LogP contribution in [0.25, 0.3) is 0 Å². The third kappa shape index (κ3) is 2.68. The van der Waals surface area contributed by atoms with Crippen molar-refractivity contribution in [1.29, 1.82) is 0 Å². The van der Waals surface area contributed by atoms with Crippen LogP contribution in [0.15, 0.2) is 18.2 Å². The zero-order valence-corrected chi connectivity index (χ0v) is 8.27. The second kappa shape index (κ2) is 4.79. The molecule has 1 rings (SSSR count). The van der Waals surface area contributed by atoms with Crippen molar-refractivity contribution in [2.24, 2.45) is 0 Å². The molecule has 1 aromatic carbocycles. The van der Waals surface area contributed by atoms with E-state index < -0.39 is 0 Å². The highest BCUT2D eigenvalue weighted by Gasteiger charge is 2.02. The summed E-state index contributed by atoms with van der Waals surface area (Å²) in [4.78, 5) is 0. The van der Waals surface area contributed by atoms with Crippen LogP contribution in [-0.2, 0) is 6.42 Å². The maximum atomic E-state index is 5.81. The van der Waals surface area contributed by atoms with Gasteiger partial charge in [-0.3, -0.25) is 0 Å². The number of halogens is 1. The molecule has 0 amide bonds. The molecule has 0 aliphatic heterocycles. The van der Waals surface area contributed by atoms with Gasteiger partial charge in [-0.25, -0.2) is 0 Å². The van der Waals surface area contributed by atoms with Crippen molar-refractivity contribution in [1.82, 2.24) is 0 Å². The molecule has 0 aromatic heterocycles. The smallest absolute Gasteiger partial charge is 0.123 e. The molecule has 0 radical (unpaired) electrons. The molecular weight excluding hydrogens is 184 g/mol. The third-order valence-corrected chi connectivity index (χ3v) is 2.02. The number of benzene rings is 1. The predicted molar refractivity (Wildman–Crippen MR) is 55.2 cm³/mol. The summed E-state index contributed by atoms with van der Waals surface area (Å²) in [6.07, 6.45) is 6.73. The first-order chi connectivity index (χ1) is 6.27. The molecule has 0 heterocycles. The van der Waals surface area contributed by atoms with Gasteiger partial charge in [-0.05, 0) is 24.1 Å². The Morgan fingerprint density at radius 1 is 1.54 bits per heavy atom. The van der Waals surface area contributed by atoms with Crippen molar-refractivity contribution in [3.05, 3.63) is 28.8 Å². The van der Waals surface area contributed by atoms with Gasteiger partial charge in [0, 0.05) is 11.4 Å². The van der Waals surface area contributed by atoms with Gasteiger partial charge >= 0.3 is 0 Å². The molecule has 0 aliphatic carbocycles. The Morgan fingerprint density at radius 3 is 2.92 bits per heavy atom. The van der Waals surface area contributed by atoms with E-state index in [2.05, 4.69) is 5.92 Å². The van der Waals surface area contributed by atoms with Crippen LogP contribution in [-0.4, -0.2) is 7.11 Å². The van der Waals surface area contributed by atoms with E-state index in [9.17, 15) is 0 Å². The van der Waals surface area contributed by atoms with Crippen LogP contribution in [0.4, 0.5) is 0 Å². The van der Waals surface area contributed by atoms with E-state index in [1.165, 1.54) is 0 Å². The molecule has 0 atom stereocenters. The van der Waals surface area contributed by atoms with Crippen molar-refractivity contribution in [2.45, 2.75) is 12.8 Å². The molecule has 68 valence electrons. The number of aryl methyl sites for hydroxylation is 1. The predicted octanol–water partition coefficient (Wildman–Crippen LogP) is 2.91. The van der Waals surface area contributed by atoms with E-state index in [-0.39, 0.29) is 0 Å². The average molecular weight is 195 g/mol. The van der Waals surface area contributed by atoms with Crippen molar-refractivity contribution in [3.8, 4) is 18.1 Å². The largest absolute Gasteiger partial charge is 0.496 e. The van der Waals surface area contributed by atoms with E-state index in [0.717, 1.165) is 24.2 Å². The summed E-state index contributed by atoms with van der Waals surface area (Å²) in [5, 5.41) is 0.682. The quantitative estimate of drug-likeness (QED) is 0.673. The molecule has 0 saturated heterocycles. The maximum absolute atomic E-state index is 5.81. The summed E-state index contributed by atoms with van der Waals surface area (Å²) >= 11 is 5.81. The van der Waals surface area contributed by atoms with Gasteiger partial charge in [0.15, 0.2) is 0 Å². The summed E-state index contributed by atoms with van der Waals surface area (Å²) in [5.41, 5.74) is 1.10. The first-order valence-electron chi connectivity index (χ1n) is 4.04. The molecule has 0 unspecified atom stereocenters. The van der Waals surface area contributed by atoms with Gasteiger partial charge in [-0.15, -0.1) is 12.3 Å². The lowest BCUT2D eigenvalue weighted by molar-refractivity contribution is 0.410. The van der Waals surface area contributed by atoms with Gasteiger partial charge in [0.25, 0.3) is 0 Å². The molecule has 0 saturated carbocycles. The molecule has 2 heteroatoms. The highest BCUT2D eigenvalue weighted by molar-refractivity contribution is 6.30. The number of hydrogen-bond acceptors (Lipinski definition) is 1. The summed E-state index contributed by atoms with van der Waals surface area (Å²) in [5.74, 6) is 3.40. The van der Waals surface area contributed by atoms with Gasteiger partial charge in [-0.1, -0.05) is 17.7 Å². The first kappa shape index (κ1) is 9.95. The molecule has 0 bridgehead atoms. The third-order valence-electron chi connectivity index (χ3n) is 1.79. The first-order valence-corrected chi connectivity index (χ1v) is 4.41. The monoisotopic (exact) mass is 194 g/mol. The minimum absolute atomic E-state index is 0.682. The lowest BCUT2D eigenvalue weighted by atomic mass is 10.1. The fourth-order valence-corrected chi connectivity index (χ4v) is 1.29. The highest BCUT2D eigenvalue weighted by Crippen LogP contribution is 2.23. The second-order valence-electron chi connectivity index (χ2n) is 2.66. The summed E-state index contributed by atoms with van der Waals surface area (Å²) < 4.78 is 5.17. The molecule has 1 aromatic rings. The van der Waals surface area contributed by atoms with Crippen molar-refractivity contribution >= 4 is 11.6 Å². The van der Waals surface area contributed by atoms with Gasteiger partial charge in [-0.2, -0.15) is 0 Å². The molecule has 0 aliphatic rings. The Balaban J connectivity index is 2.87. The molecule has 0 N–H and O–H groups in total. The zero-order chi connectivity index (χ0) is 9.68. The van der Waals surface area contributed by atoms with Crippen LogP contribution in [0.1, 0.15) is 12.0 Å². The molecule has 13 heavy (non-hydrogen) atoms. The van der Waals surface area contributed by atoms with E-state index in [4.69, 9.17) is 22.8 Å². The summed E-state index contributed by atoms with van der Waals surface area (Å²) in [6, 6.07) is 5.59. The Bertz CT molecular complexity index is 325. The fraction of sp³-hybridized carbons (Fsp3) is 0.273. The van der Waals surface area contributed by atoms with E-state index >= 15 is 0 Å². The van der Waals surface area contributed by atoms with E-state index in [1.54, 1.807) is 13.2 Å². The number of hydrogen-bond donors (Lipinski definition) is 0. The van der Waals surface area contributed by atoms with Gasteiger partial charge in [0.05, 0.1) is 7.11 Å². The lowest BCUT2D eigenvalue weighted by Crippen LogP contribution is -1.91. The van der Waals surface area contributed by atoms with Crippen LogP contribution in [0.5, 0.6) is 5.75 Å². The lowest BCUT2D eigenvalue weighted by Gasteiger charge is -2.06. The Hall–Kier alpha value is -1.13. The summed E-state index contributed by atoms with van der Waals surface area (Å²) in [6.45, 7) is 0. The van der Waals surface area contributed by atoms with Crippen molar-refractivity contribution in [3.63, 3.8) is 0 Å². The minimum atomic E-state index is 0.682. The highest BCUT2D eigenvalue weighted by atomic mass is 35.5. The van der Waals surface area contributed by atoms with E-state index in [1.807, 2.05) is 12.1 Å². The minimum Gasteiger partial charge on any atom is -0.496 e. The SMILES string of the molecule is C#CCCc1ccc(Cl)cc1OC. The van der Waals surface area contributed by atoms with Gasteiger partial charge in [0.1, 0.15) is 5.75 Å². The second-order valence-corrected chi connectivity index (χ2v) is 3.10. The molecule has 0 spiro atoms. The van der Waals surface area contributed by atoms with Gasteiger partial charge in [0.2, 0.25) is 0 Å².